The van der Waals surface area contributed by atoms with Crippen molar-refractivity contribution in [1.29, 1.82) is 0 Å². The van der Waals surface area contributed by atoms with Crippen molar-refractivity contribution >= 4 is 22.7 Å². The Morgan fingerprint density at radius 2 is 1.90 bits per heavy atom. The maximum atomic E-state index is 13.6. The molecule has 0 fully saturated rings. The Hall–Kier alpha value is -2.43. The third kappa shape index (κ3) is 3.18. The van der Waals surface area contributed by atoms with Gasteiger partial charge in [-0.25, -0.2) is 4.39 Å². The van der Waals surface area contributed by atoms with Crippen LogP contribution in [0.4, 0.5) is 27.1 Å². The summed E-state index contributed by atoms with van der Waals surface area (Å²) in [5.41, 5.74) is 9.96. The minimum atomic E-state index is -0.474. The molecule has 0 aliphatic heterocycles. The van der Waals surface area contributed by atoms with Crippen LogP contribution < -0.4 is 20.7 Å². The number of benzene rings is 2. The maximum absolute atomic E-state index is 13.6. The van der Waals surface area contributed by atoms with E-state index in [2.05, 4.69) is 5.32 Å². The molecule has 0 bridgehead atoms. The summed E-state index contributed by atoms with van der Waals surface area (Å²) in [7, 11) is 5.40. The van der Waals surface area contributed by atoms with Crippen molar-refractivity contribution in [3.8, 4) is 5.75 Å². The number of nitrogens with zero attached hydrogens (tertiary/aromatic N) is 1. The van der Waals surface area contributed by atoms with Gasteiger partial charge in [0.1, 0.15) is 0 Å². The van der Waals surface area contributed by atoms with E-state index >= 15 is 0 Å². The molecule has 21 heavy (non-hydrogen) atoms. The molecular formula is C16H20FN3O. The van der Waals surface area contributed by atoms with Gasteiger partial charge in [-0.3, -0.25) is 0 Å². The highest BCUT2D eigenvalue weighted by Gasteiger charge is 2.09. The normalized spacial score (nSPS) is 10.3. The van der Waals surface area contributed by atoms with Gasteiger partial charge in [-0.15, -0.1) is 0 Å². The molecule has 2 aromatic rings. The number of ether oxygens (including phenoxy) is 1. The maximum Gasteiger partial charge on any atom is 0.167 e. The highest BCUT2D eigenvalue weighted by Crippen LogP contribution is 2.32. The van der Waals surface area contributed by atoms with Crippen LogP contribution in [0.25, 0.3) is 0 Å². The molecule has 0 radical (unpaired) electrons. The zero-order valence-corrected chi connectivity index (χ0v) is 12.7. The second-order valence-electron chi connectivity index (χ2n) is 5.09. The number of hydrogen-bond donors (Lipinski definition) is 2. The second kappa shape index (κ2) is 5.91. The molecule has 2 rings (SSSR count). The first-order valence-corrected chi connectivity index (χ1v) is 6.60. The number of aryl methyl sites for hydroxylation is 1. The number of hydrogen-bond acceptors (Lipinski definition) is 4. The van der Waals surface area contributed by atoms with Gasteiger partial charge in [-0.2, -0.15) is 0 Å². The smallest absolute Gasteiger partial charge is 0.167 e. The monoisotopic (exact) mass is 289 g/mol. The highest BCUT2D eigenvalue weighted by atomic mass is 19.1. The third-order valence-corrected chi connectivity index (χ3v) is 3.29. The van der Waals surface area contributed by atoms with Crippen LogP contribution in [0.2, 0.25) is 0 Å². The van der Waals surface area contributed by atoms with Crippen LogP contribution >= 0.6 is 0 Å². The van der Waals surface area contributed by atoms with Gasteiger partial charge in [-0.05, 0) is 24.6 Å². The summed E-state index contributed by atoms with van der Waals surface area (Å²) in [5, 5.41) is 3.20. The zero-order chi connectivity index (χ0) is 15.6. The average molecular weight is 289 g/mol. The number of nitrogen functional groups attached to an aromatic ring is 1. The number of methoxy groups -OCH3 is 1. The Labute approximate surface area is 124 Å². The van der Waals surface area contributed by atoms with E-state index < -0.39 is 5.82 Å². The van der Waals surface area contributed by atoms with Crippen molar-refractivity contribution in [3.05, 3.63) is 41.7 Å². The van der Waals surface area contributed by atoms with Gasteiger partial charge in [0.2, 0.25) is 0 Å². The summed E-state index contributed by atoms with van der Waals surface area (Å²) in [4.78, 5) is 2.04. The van der Waals surface area contributed by atoms with Gasteiger partial charge >= 0.3 is 0 Å². The Kier molecular flexibility index (Phi) is 4.21. The molecule has 0 saturated heterocycles. The minimum absolute atomic E-state index is 0.159. The molecule has 0 spiro atoms. The van der Waals surface area contributed by atoms with Gasteiger partial charge in [0.15, 0.2) is 11.6 Å². The quantitative estimate of drug-likeness (QED) is 0.845. The summed E-state index contributed by atoms with van der Waals surface area (Å²) in [6.45, 7) is 2.05. The minimum Gasteiger partial charge on any atom is -0.494 e. The van der Waals surface area contributed by atoms with Crippen LogP contribution in [0.15, 0.2) is 30.3 Å². The number of halogens is 1. The van der Waals surface area contributed by atoms with Crippen LogP contribution in [-0.4, -0.2) is 21.2 Å². The van der Waals surface area contributed by atoms with E-state index in [1.807, 2.05) is 44.1 Å². The zero-order valence-electron chi connectivity index (χ0n) is 12.7. The van der Waals surface area contributed by atoms with Crippen molar-refractivity contribution in [2.24, 2.45) is 0 Å². The lowest BCUT2D eigenvalue weighted by Gasteiger charge is -2.18. The third-order valence-electron chi connectivity index (χ3n) is 3.29. The first kappa shape index (κ1) is 15.0. The number of rotatable bonds is 4. The molecule has 0 amide bonds. The van der Waals surface area contributed by atoms with E-state index in [0.717, 1.165) is 11.4 Å². The standard InChI is InChI=1S/C16H20FN3O/c1-10-5-6-11(7-15(10)20(2)3)19-14-9-16(21-4)12(17)8-13(14)18/h5-9,19H,18H2,1-4H3. The van der Waals surface area contributed by atoms with Gasteiger partial charge in [-0.1, -0.05) is 6.07 Å². The van der Waals surface area contributed by atoms with Crippen molar-refractivity contribution in [1.82, 2.24) is 0 Å². The summed E-state index contributed by atoms with van der Waals surface area (Å²) >= 11 is 0. The van der Waals surface area contributed by atoms with Crippen molar-refractivity contribution in [2.75, 3.05) is 37.2 Å². The number of nitrogens with one attached hydrogen (secondary N) is 1. The topological polar surface area (TPSA) is 50.5 Å². The summed E-state index contributed by atoms with van der Waals surface area (Å²) in [6.07, 6.45) is 0. The fraction of sp³-hybridized carbons (Fsp3) is 0.250. The van der Waals surface area contributed by atoms with Gasteiger partial charge in [0.05, 0.1) is 18.5 Å². The largest absolute Gasteiger partial charge is 0.494 e. The lowest BCUT2D eigenvalue weighted by Crippen LogP contribution is -2.10. The predicted molar refractivity (Wildman–Crippen MR) is 86.2 cm³/mol. The predicted octanol–water partition coefficient (Wildman–Crippen LogP) is 3.53. The average Bonchev–Trinajstić information content (AvgIpc) is 2.43. The Balaban J connectivity index is 2.36. The van der Waals surface area contributed by atoms with Crippen LogP contribution in [0.1, 0.15) is 5.56 Å². The summed E-state index contributed by atoms with van der Waals surface area (Å²) in [5.74, 6) is -0.315. The Bertz CT molecular complexity index is 656. The first-order valence-electron chi connectivity index (χ1n) is 6.60. The highest BCUT2D eigenvalue weighted by molar-refractivity contribution is 5.76. The van der Waals surface area contributed by atoms with Crippen LogP contribution in [0, 0.1) is 12.7 Å². The van der Waals surface area contributed by atoms with E-state index in [9.17, 15) is 4.39 Å². The van der Waals surface area contributed by atoms with E-state index in [1.54, 1.807) is 6.07 Å². The fourth-order valence-electron chi connectivity index (χ4n) is 2.16. The van der Waals surface area contributed by atoms with Gasteiger partial charge < -0.3 is 20.7 Å². The lowest BCUT2D eigenvalue weighted by molar-refractivity contribution is 0.387. The van der Waals surface area contributed by atoms with E-state index in [-0.39, 0.29) is 5.75 Å². The molecule has 0 aliphatic rings. The Morgan fingerprint density at radius 1 is 1.19 bits per heavy atom. The molecule has 5 heteroatoms. The van der Waals surface area contributed by atoms with E-state index in [4.69, 9.17) is 10.5 Å². The second-order valence-corrected chi connectivity index (χ2v) is 5.09. The molecule has 2 aromatic carbocycles. The van der Waals surface area contributed by atoms with Gasteiger partial charge in [0.25, 0.3) is 0 Å². The molecule has 0 saturated carbocycles. The van der Waals surface area contributed by atoms with Crippen molar-refractivity contribution in [2.45, 2.75) is 6.92 Å². The molecule has 0 atom stereocenters. The lowest BCUT2D eigenvalue weighted by atomic mass is 10.1. The van der Waals surface area contributed by atoms with Crippen LogP contribution in [0.3, 0.4) is 0 Å². The molecule has 0 aromatic heterocycles. The van der Waals surface area contributed by atoms with Gasteiger partial charge in [0, 0.05) is 37.6 Å². The molecule has 4 nitrogen and oxygen atoms in total. The molecule has 112 valence electrons. The summed E-state index contributed by atoms with van der Waals surface area (Å²) < 4.78 is 18.5. The van der Waals surface area contributed by atoms with E-state index in [0.29, 0.717) is 11.4 Å². The van der Waals surface area contributed by atoms with Crippen LogP contribution in [-0.2, 0) is 0 Å². The summed E-state index contributed by atoms with van der Waals surface area (Å²) in [6, 6.07) is 8.80. The molecule has 0 aliphatic carbocycles. The molecular weight excluding hydrogens is 269 g/mol. The fourth-order valence-corrected chi connectivity index (χ4v) is 2.16. The van der Waals surface area contributed by atoms with Crippen molar-refractivity contribution < 1.29 is 9.13 Å². The number of nitrogens with two attached hydrogens (primary N) is 1. The SMILES string of the molecule is COc1cc(Nc2ccc(C)c(N(C)C)c2)c(N)cc1F. The molecule has 0 unspecified atom stereocenters. The number of anilines is 4. The molecule has 0 heterocycles. The van der Waals surface area contributed by atoms with Crippen molar-refractivity contribution in [3.63, 3.8) is 0 Å². The van der Waals surface area contributed by atoms with Crippen LogP contribution in [0.5, 0.6) is 5.75 Å². The van der Waals surface area contributed by atoms with E-state index in [1.165, 1.54) is 18.7 Å². The first-order chi connectivity index (χ1) is 9.92. The Morgan fingerprint density at radius 3 is 2.52 bits per heavy atom. The molecule has 3 N–H and O–H groups in total.